The monoisotopic (exact) mass is 274 g/mol. The van der Waals surface area contributed by atoms with E-state index in [-0.39, 0.29) is 0 Å². The van der Waals surface area contributed by atoms with Crippen LogP contribution in [0.15, 0.2) is 35.7 Å². The van der Waals surface area contributed by atoms with Crippen LogP contribution in [0.2, 0.25) is 0 Å². The Morgan fingerprint density at radius 3 is 2.84 bits per heavy atom. The molecule has 2 N–H and O–H groups in total. The van der Waals surface area contributed by atoms with E-state index in [1.54, 1.807) is 18.4 Å². The molecule has 3 nitrogen and oxygen atoms in total. The first-order chi connectivity index (χ1) is 9.28. The number of methoxy groups -OCH3 is 1. The van der Waals surface area contributed by atoms with Crippen LogP contribution >= 0.6 is 11.3 Å². The van der Waals surface area contributed by atoms with Gasteiger partial charge in [-0.3, -0.25) is 0 Å². The zero-order valence-corrected chi connectivity index (χ0v) is 11.8. The number of rotatable bonds is 5. The summed E-state index contributed by atoms with van der Waals surface area (Å²) in [6.45, 7) is 0.930. The molecular formula is C15H18N2OS. The van der Waals surface area contributed by atoms with Crippen molar-refractivity contribution in [3.05, 3.63) is 40.6 Å². The molecule has 1 aliphatic rings. The zero-order chi connectivity index (χ0) is 13.2. The number of ether oxygens (including phenoxy) is 1. The van der Waals surface area contributed by atoms with E-state index >= 15 is 0 Å². The van der Waals surface area contributed by atoms with Crippen LogP contribution in [-0.2, 0) is 6.54 Å². The maximum Gasteiger partial charge on any atom is 0.121 e. The summed E-state index contributed by atoms with van der Waals surface area (Å²) < 4.78 is 5.32. The molecule has 0 radical (unpaired) electrons. The zero-order valence-electron chi connectivity index (χ0n) is 11.0. The molecule has 1 fully saturated rings. The molecular weight excluding hydrogens is 256 g/mol. The molecule has 4 heteroatoms. The van der Waals surface area contributed by atoms with Crippen molar-refractivity contribution in [2.75, 3.05) is 17.7 Å². The normalized spacial score (nSPS) is 14.4. The Labute approximate surface area is 117 Å². The molecule has 0 spiro atoms. The lowest BCUT2D eigenvalue weighted by Gasteiger charge is -2.26. The predicted molar refractivity (Wildman–Crippen MR) is 80.9 cm³/mol. The van der Waals surface area contributed by atoms with Gasteiger partial charge in [-0.05, 0) is 36.4 Å². The largest absolute Gasteiger partial charge is 0.497 e. The van der Waals surface area contributed by atoms with Crippen molar-refractivity contribution in [1.29, 1.82) is 0 Å². The first-order valence-electron chi connectivity index (χ1n) is 6.50. The Bertz CT molecular complexity index is 549. The van der Waals surface area contributed by atoms with Gasteiger partial charge in [0, 0.05) is 17.0 Å². The third kappa shape index (κ3) is 2.68. The molecule has 100 valence electrons. The van der Waals surface area contributed by atoms with Crippen LogP contribution in [0.4, 0.5) is 11.4 Å². The molecule has 0 aliphatic heterocycles. The van der Waals surface area contributed by atoms with Crippen LogP contribution in [-0.4, -0.2) is 13.2 Å². The van der Waals surface area contributed by atoms with Gasteiger partial charge < -0.3 is 15.4 Å². The highest BCUT2D eigenvalue weighted by atomic mass is 32.1. The number of nitrogens with zero attached hydrogens (tertiary/aromatic N) is 1. The summed E-state index contributed by atoms with van der Waals surface area (Å²) in [5.41, 5.74) is 8.06. The van der Waals surface area contributed by atoms with Crippen LogP contribution in [0.3, 0.4) is 0 Å². The summed E-state index contributed by atoms with van der Waals surface area (Å²) in [5.74, 6) is 0.862. The van der Waals surface area contributed by atoms with Crippen molar-refractivity contribution in [3.8, 4) is 5.75 Å². The fourth-order valence-corrected chi connectivity index (χ4v) is 2.97. The second-order valence-corrected chi connectivity index (χ2v) is 5.90. The van der Waals surface area contributed by atoms with Gasteiger partial charge in [-0.15, -0.1) is 11.3 Å². The van der Waals surface area contributed by atoms with Crippen LogP contribution in [0.5, 0.6) is 5.75 Å². The topological polar surface area (TPSA) is 38.5 Å². The minimum Gasteiger partial charge on any atom is -0.497 e. The highest BCUT2D eigenvalue weighted by molar-refractivity contribution is 7.09. The summed E-state index contributed by atoms with van der Waals surface area (Å²) >= 11 is 1.79. The van der Waals surface area contributed by atoms with E-state index in [0.717, 1.165) is 23.7 Å². The predicted octanol–water partition coefficient (Wildman–Crippen LogP) is 3.51. The number of anilines is 2. The Morgan fingerprint density at radius 2 is 2.21 bits per heavy atom. The number of benzene rings is 1. The lowest BCUT2D eigenvalue weighted by molar-refractivity contribution is 0.415. The summed E-state index contributed by atoms with van der Waals surface area (Å²) in [4.78, 5) is 3.78. The van der Waals surface area contributed by atoms with Crippen molar-refractivity contribution in [2.24, 2.45) is 0 Å². The third-order valence-electron chi connectivity index (χ3n) is 3.44. The number of thiophene rings is 1. The van der Waals surface area contributed by atoms with Gasteiger partial charge in [-0.1, -0.05) is 6.07 Å². The second kappa shape index (κ2) is 5.13. The Morgan fingerprint density at radius 1 is 1.37 bits per heavy atom. The van der Waals surface area contributed by atoms with Gasteiger partial charge >= 0.3 is 0 Å². The Hall–Kier alpha value is -1.68. The minimum atomic E-state index is 0.622. The van der Waals surface area contributed by atoms with E-state index in [0.29, 0.717) is 6.04 Å². The van der Waals surface area contributed by atoms with E-state index in [1.807, 2.05) is 18.2 Å². The molecule has 1 aromatic carbocycles. The Balaban J connectivity index is 1.91. The lowest BCUT2D eigenvalue weighted by atomic mass is 10.2. The van der Waals surface area contributed by atoms with Gasteiger partial charge in [0.2, 0.25) is 0 Å². The minimum absolute atomic E-state index is 0.622. The van der Waals surface area contributed by atoms with Gasteiger partial charge in [0.1, 0.15) is 5.75 Å². The summed E-state index contributed by atoms with van der Waals surface area (Å²) in [7, 11) is 1.69. The van der Waals surface area contributed by atoms with Gasteiger partial charge in [-0.2, -0.15) is 0 Å². The molecule has 0 amide bonds. The molecule has 2 aromatic rings. The van der Waals surface area contributed by atoms with Gasteiger partial charge in [0.25, 0.3) is 0 Å². The quantitative estimate of drug-likeness (QED) is 0.848. The molecule has 0 atom stereocenters. The standard InChI is InChI=1S/C15H18N2OS/c1-18-12-6-7-14(16)15(9-12)17(11-4-5-11)10-13-3-2-8-19-13/h2-3,6-9,11H,4-5,10,16H2,1H3. The highest BCUT2D eigenvalue weighted by Gasteiger charge is 2.30. The van der Waals surface area contributed by atoms with E-state index in [1.165, 1.54) is 17.7 Å². The molecule has 0 unspecified atom stereocenters. The molecule has 1 aliphatic carbocycles. The average Bonchev–Trinajstić information content (AvgIpc) is 3.14. The molecule has 19 heavy (non-hydrogen) atoms. The van der Waals surface area contributed by atoms with Crippen molar-refractivity contribution in [2.45, 2.75) is 25.4 Å². The number of hydrogen-bond acceptors (Lipinski definition) is 4. The fourth-order valence-electron chi connectivity index (χ4n) is 2.27. The number of hydrogen-bond donors (Lipinski definition) is 1. The van der Waals surface area contributed by atoms with Gasteiger partial charge in [0.05, 0.1) is 25.0 Å². The van der Waals surface area contributed by atoms with Crippen molar-refractivity contribution in [1.82, 2.24) is 0 Å². The second-order valence-electron chi connectivity index (χ2n) is 4.86. The van der Waals surface area contributed by atoms with Crippen LogP contribution in [0, 0.1) is 0 Å². The molecule has 1 aromatic heterocycles. The SMILES string of the molecule is COc1ccc(N)c(N(Cc2cccs2)C2CC2)c1. The van der Waals surface area contributed by atoms with E-state index in [2.05, 4.69) is 22.4 Å². The first-order valence-corrected chi connectivity index (χ1v) is 7.38. The van der Waals surface area contributed by atoms with Crippen LogP contribution < -0.4 is 15.4 Å². The van der Waals surface area contributed by atoms with E-state index in [9.17, 15) is 0 Å². The van der Waals surface area contributed by atoms with E-state index in [4.69, 9.17) is 10.5 Å². The number of nitrogen functional groups attached to an aromatic ring is 1. The van der Waals surface area contributed by atoms with Crippen molar-refractivity contribution in [3.63, 3.8) is 0 Å². The lowest BCUT2D eigenvalue weighted by Crippen LogP contribution is -2.25. The third-order valence-corrected chi connectivity index (χ3v) is 4.30. The van der Waals surface area contributed by atoms with Crippen LogP contribution in [0.1, 0.15) is 17.7 Å². The highest BCUT2D eigenvalue weighted by Crippen LogP contribution is 2.38. The molecule has 0 saturated heterocycles. The molecule has 1 saturated carbocycles. The molecule has 1 heterocycles. The summed E-state index contributed by atoms with van der Waals surface area (Å²) in [5, 5.41) is 2.12. The van der Waals surface area contributed by atoms with E-state index < -0.39 is 0 Å². The average molecular weight is 274 g/mol. The maximum absolute atomic E-state index is 6.15. The fraction of sp³-hybridized carbons (Fsp3) is 0.333. The Kier molecular flexibility index (Phi) is 3.34. The van der Waals surface area contributed by atoms with Gasteiger partial charge in [0.15, 0.2) is 0 Å². The maximum atomic E-state index is 6.15. The first kappa shape index (κ1) is 12.4. The van der Waals surface area contributed by atoms with Gasteiger partial charge in [-0.25, -0.2) is 0 Å². The number of nitrogens with two attached hydrogens (primary N) is 1. The van der Waals surface area contributed by atoms with Crippen molar-refractivity contribution < 1.29 is 4.74 Å². The van der Waals surface area contributed by atoms with Crippen molar-refractivity contribution >= 4 is 22.7 Å². The smallest absolute Gasteiger partial charge is 0.121 e. The summed E-state index contributed by atoms with van der Waals surface area (Å²) in [6.07, 6.45) is 2.50. The molecule has 0 bridgehead atoms. The summed E-state index contributed by atoms with van der Waals surface area (Å²) in [6, 6.07) is 10.8. The van der Waals surface area contributed by atoms with Crippen LogP contribution in [0.25, 0.3) is 0 Å². The molecule has 3 rings (SSSR count).